The molecule has 0 spiro atoms. The predicted octanol–water partition coefficient (Wildman–Crippen LogP) is 1.61. The van der Waals surface area contributed by atoms with Crippen LogP contribution < -0.4 is 5.73 Å². The zero-order valence-corrected chi connectivity index (χ0v) is 10.5. The molecular formula is C12H26N2O. The van der Waals surface area contributed by atoms with Gasteiger partial charge in [-0.2, -0.15) is 0 Å². The van der Waals surface area contributed by atoms with E-state index in [9.17, 15) is 0 Å². The quantitative estimate of drug-likeness (QED) is 0.773. The zero-order chi connectivity index (χ0) is 11.3. The van der Waals surface area contributed by atoms with Crippen molar-refractivity contribution in [3.05, 3.63) is 0 Å². The Labute approximate surface area is 94.0 Å². The van der Waals surface area contributed by atoms with E-state index in [1.165, 1.54) is 0 Å². The molecule has 0 aliphatic carbocycles. The van der Waals surface area contributed by atoms with Gasteiger partial charge in [0.25, 0.3) is 0 Å². The molecule has 1 unspecified atom stereocenters. The molecule has 1 aliphatic rings. The highest BCUT2D eigenvalue weighted by Gasteiger charge is 2.33. The van der Waals surface area contributed by atoms with Gasteiger partial charge in [-0.3, -0.25) is 4.90 Å². The Morgan fingerprint density at radius 2 is 2.07 bits per heavy atom. The number of ether oxygens (including phenoxy) is 1. The summed E-state index contributed by atoms with van der Waals surface area (Å²) in [5.74, 6) is 0. The van der Waals surface area contributed by atoms with Crippen molar-refractivity contribution in [2.45, 2.75) is 51.7 Å². The Morgan fingerprint density at radius 3 is 2.60 bits per heavy atom. The maximum atomic E-state index is 5.97. The highest BCUT2D eigenvalue weighted by molar-refractivity contribution is 4.91. The summed E-state index contributed by atoms with van der Waals surface area (Å²) in [4.78, 5) is 2.55. The Hall–Kier alpha value is -0.120. The third kappa shape index (κ3) is 2.92. The van der Waals surface area contributed by atoms with E-state index >= 15 is 0 Å². The van der Waals surface area contributed by atoms with E-state index in [4.69, 9.17) is 10.5 Å². The molecule has 3 heteroatoms. The van der Waals surface area contributed by atoms with Crippen molar-refractivity contribution >= 4 is 0 Å². The molecule has 1 atom stereocenters. The number of nitrogens with two attached hydrogens (primary N) is 1. The molecule has 15 heavy (non-hydrogen) atoms. The van der Waals surface area contributed by atoms with Crippen LogP contribution >= 0.6 is 0 Å². The van der Waals surface area contributed by atoms with Gasteiger partial charge in [0, 0.05) is 31.8 Å². The van der Waals surface area contributed by atoms with Crippen LogP contribution in [0, 0.1) is 0 Å². The molecule has 2 N–H and O–H groups in total. The normalized spacial score (nSPS) is 25.2. The lowest BCUT2D eigenvalue weighted by Crippen LogP contribution is -2.54. The fourth-order valence-corrected chi connectivity index (χ4v) is 2.54. The minimum atomic E-state index is 0.196. The van der Waals surface area contributed by atoms with Gasteiger partial charge in [0.15, 0.2) is 0 Å². The van der Waals surface area contributed by atoms with Crippen LogP contribution in [0.2, 0.25) is 0 Å². The average molecular weight is 214 g/mol. The smallest absolute Gasteiger partial charge is 0.0674 e. The van der Waals surface area contributed by atoms with Crippen molar-refractivity contribution in [3.63, 3.8) is 0 Å². The zero-order valence-electron chi connectivity index (χ0n) is 10.5. The third-order valence-electron chi connectivity index (χ3n) is 3.82. The summed E-state index contributed by atoms with van der Waals surface area (Å²) in [5, 5.41) is 0. The number of rotatable bonds is 4. The van der Waals surface area contributed by atoms with Crippen LogP contribution in [-0.4, -0.2) is 42.8 Å². The molecule has 0 bridgehead atoms. The van der Waals surface area contributed by atoms with E-state index in [2.05, 4.69) is 25.7 Å². The first-order valence-electron chi connectivity index (χ1n) is 6.25. The minimum Gasteiger partial charge on any atom is -0.377 e. The molecule has 1 heterocycles. The molecule has 0 amide bonds. The highest BCUT2D eigenvalue weighted by Crippen LogP contribution is 2.25. The summed E-state index contributed by atoms with van der Waals surface area (Å²) in [5.41, 5.74) is 6.17. The second-order valence-electron chi connectivity index (χ2n) is 4.62. The third-order valence-corrected chi connectivity index (χ3v) is 3.82. The summed E-state index contributed by atoms with van der Waals surface area (Å²) in [7, 11) is 0. The SMILES string of the molecule is CCC(CC)(CN)N1CCCOC(C)C1. The van der Waals surface area contributed by atoms with Gasteiger partial charge < -0.3 is 10.5 Å². The van der Waals surface area contributed by atoms with Gasteiger partial charge in [0.1, 0.15) is 0 Å². The summed E-state index contributed by atoms with van der Waals surface area (Å²) >= 11 is 0. The topological polar surface area (TPSA) is 38.5 Å². The van der Waals surface area contributed by atoms with Crippen LogP contribution in [0.25, 0.3) is 0 Å². The van der Waals surface area contributed by atoms with Crippen LogP contribution in [0.3, 0.4) is 0 Å². The molecule has 0 aromatic heterocycles. The molecule has 3 nitrogen and oxygen atoms in total. The second kappa shape index (κ2) is 5.83. The second-order valence-corrected chi connectivity index (χ2v) is 4.62. The van der Waals surface area contributed by atoms with E-state index in [-0.39, 0.29) is 5.54 Å². The van der Waals surface area contributed by atoms with Crippen molar-refractivity contribution < 1.29 is 4.74 Å². The lowest BCUT2D eigenvalue weighted by Gasteiger charge is -2.42. The van der Waals surface area contributed by atoms with Crippen LogP contribution in [-0.2, 0) is 4.74 Å². The molecule has 1 rings (SSSR count). The fourth-order valence-electron chi connectivity index (χ4n) is 2.54. The fraction of sp³-hybridized carbons (Fsp3) is 1.00. The summed E-state index contributed by atoms with van der Waals surface area (Å²) in [6.45, 7) is 10.4. The monoisotopic (exact) mass is 214 g/mol. The Bertz CT molecular complexity index is 172. The van der Waals surface area contributed by atoms with E-state index in [1.54, 1.807) is 0 Å². The van der Waals surface area contributed by atoms with E-state index in [0.717, 1.165) is 45.5 Å². The molecule has 0 aromatic rings. The molecular weight excluding hydrogens is 188 g/mol. The van der Waals surface area contributed by atoms with E-state index < -0.39 is 0 Å². The standard InChI is InChI=1S/C12H26N2O/c1-4-12(5-2,10-13)14-7-6-8-15-11(3)9-14/h11H,4-10,13H2,1-3H3. The Morgan fingerprint density at radius 1 is 1.40 bits per heavy atom. The van der Waals surface area contributed by atoms with Gasteiger partial charge in [-0.1, -0.05) is 13.8 Å². The summed E-state index contributed by atoms with van der Waals surface area (Å²) in [6.07, 6.45) is 3.74. The molecule has 1 aliphatic heterocycles. The van der Waals surface area contributed by atoms with Crippen molar-refractivity contribution in [3.8, 4) is 0 Å². The molecule has 1 saturated heterocycles. The number of nitrogens with zero attached hydrogens (tertiary/aromatic N) is 1. The molecule has 1 fully saturated rings. The van der Waals surface area contributed by atoms with E-state index in [0.29, 0.717) is 6.10 Å². The van der Waals surface area contributed by atoms with Crippen molar-refractivity contribution in [2.24, 2.45) is 5.73 Å². The van der Waals surface area contributed by atoms with Gasteiger partial charge in [-0.05, 0) is 26.2 Å². The van der Waals surface area contributed by atoms with E-state index in [1.807, 2.05) is 0 Å². The first-order chi connectivity index (χ1) is 7.18. The van der Waals surface area contributed by atoms with Gasteiger partial charge in [-0.25, -0.2) is 0 Å². The van der Waals surface area contributed by atoms with Gasteiger partial charge >= 0.3 is 0 Å². The molecule has 0 radical (unpaired) electrons. The number of hydrogen-bond acceptors (Lipinski definition) is 3. The molecule has 0 saturated carbocycles. The first-order valence-corrected chi connectivity index (χ1v) is 6.25. The van der Waals surface area contributed by atoms with Crippen molar-refractivity contribution in [2.75, 3.05) is 26.2 Å². The minimum absolute atomic E-state index is 0.196. The Kier molecular flexibility index (Phi) is 5.03. The first kappa shape index (κ1) is 12.9. The van der Waals surface area contributed by atoms with Crippen LogP contribution in [0.15, 0.2) is 0 Å². The number of hydrogen-bond donors (Lipinski definition) is 1. The largest absolute Gasteiger partial charge is 0.377 e. The van der Waals surface area contributed by atoms with Crippen LogP contribution in [0.4, 0.5) is 0 Å². The maximum absolute atomic E-state index is 5.97. The molecule has 0 aromatic carbocycles. The Balaban J connectivity index is 2.72. The molecule has 90 valence electrons. The summed E-state index contributed by atoms with van der Waals surface area (Å²) in [6, 6.07) is 0. The predicted molar refractivity (Wildman–Crippen MR) is 64.0 cm³/mol. The summed E-state index contributed by atoms with van der Waals surface area (Å²) < 4.78 is 5.68. The van der Waals surface area contributed by atoms with Crippen molar-refractivity contribution in [1.82, 2.24) is 4.90 Å². The van der Waals surface area contributed by atoms with Gasteiger partial charge in [-0.15, -0.1) is 0 Å². The van der Waals surface area contributed by atoms with Gasteiger partial charge in [0.2, 0.25) is 0 Å². The van der Waals surface area contributed by atoms with Crippen molar-refractivity contribution in [1.29, 1.82) is 0 Å². The lowest BCUT2D eigenvalue weighted by molar-refractivity contribution is 0.0341. The average Bonchev–Trinajstić information content (AvgIpc) is 2.47. The highest BCUT2D eigenvalue weighted by atomic mass is 16.5. The van der Waals surface area contributed by atoms with Crippen LogP contribution in [0.5, 0.6) is 0 Å². The lowest BCUT2D eigenvalue weighted by atomic mass is 9.90. The van der Waals surface area contributed by atoms with Gasteiger partial charge in [0.05, 0.1) is 6.10 Å². The maximum Gasteiger partial charge on any atom is 0.0674 e. The van der Waals surface area contributed by atoms with Crippen LogP contribution in [0.1, 0.15) is 40.0 Å².